The highest BCUT2D eigenvalue weighted by molar-refractivity contribution is 9.10. The Hall–Kier alpha value is -1.93. The summed E-state index contributed by atoms with van der Waals surface area (Å²) in [5.41, 5.74) is 6.85. The summed E-state index contributed by atoms with van der Waals surface area (Å²) in [4.78, 5) is 0. The lowest BCUT2D eigenvalue weighted by atomic mass is 10.2. The minimum atomic E-state index is -0.315. The molecule has 94 valence electrons. The van der Waals surface area contributed by atoms with E-state index in [4.69, 9.17) is 11.1 Å². The first-order valence-corrected chi connectivity index (χ1v) is 5.72. The molecule has 1 aromatic heterocycles. The van der Waals surface area contributed by atoms with Crippen LogP contribution in [0, 0.1) is 12.3 Å². The second-order valence-corrected chi connectivity index (χ2v) is 4.45. The molecular weight excluding hydrogens is 302 g/mol. The predicted molar refractivity (Wildman–Crippen MR) is 68.7 cm³/mol. The first-order valence-electron chi connectivity index (χ1n) is 4.93. The van der Waals surface area contributed by atoms with Crippen LogP contribution < -0.4 is 10.8 Å². The highest BCUT2D eigenvalue weighted by Crippen LogP contribution is 2.24. The predicted octanol–water partition coefficient (Wildman–Crippen LogP) is 1.94. The number of nitrogens with two attached hydrogens (primary N) is 1. The van der Waals surface area contributed by atoms with Gasteiger partial charge in [-0.2, -0.15) is 0 Å². The van der Waals surface area contributed by atoms with Gasteiger partial charge in [0, 0.05) is 4.47 Å². The van der Waals surface area contributed by atoms with Crippen LogP contribution in [0.15, 0.2) is 27.3 Å². The average Bonchev–Trinajstić information content (AvgIpc) is 2.77. The first kappa shape index (κ1) is 12.5. The van der Waals surface area contributed by atoms with Gasteiger partial charge in [0.2, 0.25) is 0 Å². The van der Waals surface area contributed by atoms with Crippen LogP contribution in [0.25, 0.3) is 0 Å². The lowest BCUT2D eigenvalue weighted by molar-refractivity contribution is 0.300. The van der Waals surface area contributed by atoms with Crippen molar-refractivity contribution in [3.05, 3.63) is 33.9 Å². The molecule has 0 spiro atoms. The fourth-order valence-electron chi connectivity index (χ4n) is 1.30. The van der Waals surface area contributed by atoms with Crippen LogP contribution in [0.3, 0.4) is 0 Å². The van der Waals surface area contributed by atoms with Crippen molar-refractivity contribution in [3.63, 3.8) is 0 Å². The molecule has 0 aliphatic heterocycles. The van der Waals surface area contributed by atoms with Crippen molar-refractivity contribution in [2.75, 3.05) is 10.8 Å². The second-order valence-electron chi connectivity index (χ2n) is 3.59. The number of halogens is 1. The molecule has 0 radical (unpaired) electrons. The van der Waals surface area contributed by atoms with Crippen molar-refractivity contribution in [3.8, 4) is 0 Å². The van der Waals surface area contributed by atoms with Crippen molar-refractivity contribution < 1.29 is 9.84 Å². The number of amidine groups is 1. The van der Waals surface area contributed by atoms with Gasteiger partial charge in [0.05, 0.1) is 5.69 Å². The van der Waals surface area contributed by atoms with Crippen molar-refractivity contribution >= 4 is 33.3 Å². The number of aromatic nitrogens is 2. The van der Waals surface area contributed by atoms with Crippen molar-refractivity contribution in [1.82, 2.24) is 10.3 Å². The van der Waals surface area contributed by atoms with Crippen LogP contribution in [-0.2, 0) is 0 Å². The van der Waals surface area contributed by atoms with Crippen molar-refractivity contribution in [2.45, 2.75) is 6.92 Å². The monoisotopic (exact) mass is 311 g/mol. The molecule has 0 saturated heterocycles. The Balaban J connectivity index is 2.31. The number of hydrogen-bond acceptors (Lipinski definition) is 6. The Morgan fingerprint density at radius 2 is 2.22 bits per heavy atom. The number of hydroxylamine groups is 1. The van der Waals surface area contributed by atoms with E-state index in [0.717, 1.165) is 10.0 Å². The van der Waals surface area contributed by atoms with E-state index in [-0.39, 0.29) is 17.3 Å². The molecule has 0 bridgehead atoms. The third kappa shape index (κ3) is 2.20. The summed E-state index contributed by atoms with van der Waals surface area (Å²) in [5.74, 6) is -0.366. The molecule has 0 aliphatic rings. The molecule has 0 atom stereocenters. The normalized spacial score (nSPS) is 10.4. The van der Waals surface area contributed by atoms with Gasteiger partial charge >= 0.3 is 0 Å². The number of aryl methyl sites for hydroxylation is 1. The lowest BCUT2D eigenvalue weighted by Crippen LogP contribution is -2.28. The van der Waals surface area contributed by atoms with Crippen LogP contribution in [0.4, 0.5) is 11.5 Å². The molecule has 1 heterocycles. The zero-order valence-corrected chi connectivity index (χ0v) is 11.0. The highest BCUT2D eigenvalue weighted by Gasteiger charge is 2.19. The van der Waals surface area contributed by atoms with Gasteiger partial charge in [-0.3, -0.25) is 10.6 Å². The number of hydrogen-bond donors (Lipinski definition) is 3. The fourth-order valence-corrected chi connectivity index (χ4v) is 1.67. The van der Waals surface area contributed by atoms with Gasteiger partial charge in [0.1, 0.15) is 0 Å². The number of anilines is 2. The van der Waals surface area contributed by atoms with E-state index in [1.807, 2.05) is 6.92 Å². The maximum Gasteiger partial charge on any atom is 0.199 e. The minimum absolute atomic E-state index is 0.0193. The van der Waals surface area contributed by atoms with Crippen LogP contribution in [0.1, 0.15) is 11.3 Å². The number of nitrogens with zero attached hydrogens (tertiary/aromatic N) is 3. The molecule has 2 rings (SSSR count). The average molecular weight is 312 g/mol. The number of rotatable bonds is 2. The summed E-state index contributed by atoms with van der Waals surface area (Å²) >= 11 is 3.35. The molecule has 18 heavy (non-hydrogen) atoms. The van der Waals surface area contributed by atoms with E-state index in [9.17, 15) is 5.21 Å². The summed E-state index contributed by atoms with van der Waals surface area (Å²) in [5, 5.41) is 25.2. The molecule has 0 unspecified atom stereocenters. The van der Waals surface area contributed by atoms with Gasteiger partial charge in [-0.25, -0.2) is 9.69 Å². The van der Waals surface area contributed by atoms with Gasteiger partial charge in [-0.05, 0) is 34.9 Å². The topological polar surface area (TPSA) is 112 Å². The van der Waals surface area contributed by atoms with E-state index in [0.29, 0.717) is 10.8 Å². The quantitative estimate of drug-likeness (QED) is 0.444. The standard InChI is InChI=1S/C10H10BrN5O2/c1-5-2-3-6(4-7(5)11)16(17)10(13)8-9(12)15-18-14-8/h2-4,13,17H,1H3,(H2,12,15). The molecule has 0 saturated carbocycles. The van der Waals surface area contributed by atoms with Crippen molar-refractivity contribution in [1.29, 1.82) is 5.41 Å². The van der Waals surface area contributed by atoms with E-state index in [1.165, 1.54) is 0 Å². The molecule has 0 aliphatic carbocycles. The van der Waals surface area contributed by atoms with E-state index in [2.05, 4.69) is 30.9 Å². The minimum Gasteiger partial charge on any atom is -0.379 e. The van der Waals surface area contributed by atoms with Gasteiger partial charge in [-0.15, -0.1) is 0 Å². The van der Waals surface area contributed by atoms with Crippen LogP contribution in [-0.4, -0.2) is 21.4 Å². The summed E-state index contributed by atoms with van der Waals surface area (Å²) in [6, 6.07) is 5.15. The Bertz CT molecular complexity index is 598. The number of nitrogen functional groups attached to an aromatic ring is 1. The molecule has 1 aromatic carbocycles. The largest absolute Gasteiger partial charge is 0.379 e. The summed E-state index contributed by atoms with van der Waals surface area (Å²) < 4.78 is 5.20. The number of benzene rings is 1. The van der Waals surface area contributed by atoms with Crippen molar-refractivity contribution in [2.24, 2.45) is 0 Å². The third-order valence-corrected chi connectivity index (χ3v) is 3.20. The molecule has 0 fully saturated rings. The summed E-state index contributed by atoms with van der Waals surface area (Å²) in [6.07, 6.45) is 0. The van der Waals surface area contributed by atoms with Gasteiger partial charge in [-0.1, -0.05) is 22.0 Å². The van der Waals surface area contributed by atoms with Gasteiger partial charge < -0.3 is 5.73 Å². The Labute approximate surface area is 111 Å². The SMILES string of the molecule is Cc1ccc(N(O)C(=N)c2nonc2N)cc1Br. The van der Waals surface area contributed by atoms with E-state index in [1.54, 1.807) is 18.2 Å². The Morgan fingerprint density at radius 1 is 1.50 bits per heavy atom. The Kier molecular flexibility index (Phi) is 3.30. The second kappa shape index (κ2) is 4.75. The summed E-state index contributed by atoms with van der Waals surface area (Å²) in [7, 11) is 0. The van der Waals surface area contributed by atoms with E-state index >= 15 is 0 Å². The third-order valence-electron chi connectivity index (χ3n) is 2.35. The van der Waals surface area contributed by atoms with Gasteiger partial charge in [0.25, 0.3) is 0 Å². The molecule has 8 heteroatoms. The van der Waals surface area contributed by atoms with Crippen LogP contribution in [0.2, 0.25) is 0 Å². The van der Waals surface area contributed by atoms with Crippen LogP contribution in [0.5, 0.6) is 0 Å². The number of nitrogens with one attached hydrogen (secondary N) is 1. The molecule has 4 N–H and O–H groups in total. The molecule has 7 nitrogen and oxygen atoms in total. The zero-order chi connectivity index (χ0) is 13.3. The van der Waals surface area contributed by atoms with Gasteiger partial charge in [0.15, 0.2) is 17.3 Å². The molecule has 2 aromatic rings. The maximum atomic E-state index is 9.92. The van der Waals surface area contributed by atoms with Crippen LogP contribution >= 0.6 is 15.9 Å². The lowest BCUT2D eigenvalue weighted by Gasteiger charge is -2.16. The fraction of sp³-hybridized carbons (Fsp3) is 0.100. The highest BCUT2D eigenvalue weighted by atomic mass is 79.9. The first-order chi connectivity index (χ1) is 8.50. The van der Waals surface area contributed by atoms with E-state index < -0.39 is 0 Å². The molecular formula is C10H10BrN5O2. The smallest absolute Gasteiger partial charge is 0.199 e. The molecule has 0 amide bonds. The maximum absolute atomic E-state index is 9.92. The zero-order valence-electron chi connectivity index (χ0n) is 9.38. The Morgan fingerprint density at radius 3 is 2.78 bits per heavy atom. The summed E-state index contributed by atoms with van der Waals surface area (Å²) in [6.45, 7) is 1.92.